The fraction of sp³-hybridized carbons (Fsp3) is 0. The van der Waals surface area contributed by atoms with Crippen molar-refractivity contribution in [2.45, 2.75) is 0 Å². The molecule has 3 nitrogen and oxygen atoms in total. The largest absolute Gasteiger partial charge is 0.716 e. The zero-order valence-corrected chi connectivity index (χ0v) is 9.68. The molecule has 0 bridgehead atoms. The van der Waals surface area contributed by atoms with Crippen LogP contribution in [0.25, 0.3) is 21.8 Å². The van der Waals surface area contributed by atoms with E-state index < -0.39 is 11.3 Å². The third kappa shape index (κ3) is 1.62. The van der Waals surface area contributed by atoms with E-state index in [2.05, 4.69) is 0 Å². The van der Waals surface area contributed by atoms with Crippen LogP contribution in [0.1, 0.15) is 0 Å². The molecular formula is C13H9NO2S. The maximum atomic E-state index is 11.4. The summed E-state index contributed by atoms with van der Waals surface area (Å²) in [5.74, 6) is 0. The first-order chi connectivity index (χ1) is 8.27. The van der Waals surface area contributed by atoms with E-state index in [0.717, 1.165) is 10.8 Å². The molecule has 84 valence electrons. The van der Waals surface area contributed by atoms with Crippen LogP contribution in [0.2, 0.25) is 0 Å². The number of rotatable bonds is 1. The van der Waals surface area contributed by atoms with Gasteiger partial charge in [0.15, 0.2) is 0 Å². The summed E-state index contributed by atoms with van der Waals surface area (Å²) >= 11 is -2.31. The Morgan fingerprint density at radius 3 is 1.82 bits per heavy atom. The molecule has 3 aromatic rings. The van der Waals surface area contributed by atoms with Crippen molar-refractivity contribution in [3.8, 4) is 0 Å². The summed E-state index contributed by atoms with van der Waals surface area (Å²) in [4.78, 5) is 0. The van der Waals surface area contributed by atoms with E-state index in [9.17, 15) is 8.76 Å². The molecule has 1 heterocycles. The van der Waals surface area contributed by atoms with E-state index in [-0.39, 0.29) is 0 Å². The molecule has 1 unspecified atom stereocenters. The molecule has 1 atom stereocenters. The summed E-state index contributed by atoms with van der Waals surface area (Å²) in [6.07, 6.45) is 0. The molecule has 0 fully saturated rings. The third-order valence-electron chi connectivity index (χ3n) is 2.77. The highest BCUT2D eigenvalue weighted by Crippen LogP contribution is 2.17. The van der Waals surface area contributed by atoms with Crippen LogP contribution < -0.4 is 3.97 Å². The lowest BCUT2D eigenvalue weighted by molar-refractivity contribution is -0.450. The van der Waals surface area contributed by atoms with Crippen molar-refractivity contribution in [2.75, 3.05) is 0 Å². The zero-order chi connectivity index (χ0) is 11.8. The van der Waals surface area contributed by atoms with Crippen LogP contribution in [0.4, 0.5) is 0 Å². The standard InChI is InChI=1S/C13H9NO2S/c15-17(16)14-12-7-3-1-5-10(12)9-11-6-2-4-8-13(11)14/h1-9H. The molecule has 2 aromatic carbocycles. The van der Waals surface area contributed by atoms with E-state index in [0.29, 0.717) is 11.0 Å². The first-order valence-corrected chi connectivity index (χ1v) is 6.23. The Morgan fingerprint density at radius 2 is 1.35 bits per heavy atom. The number of fused-ring (bicyclic) bond motifs is 2. The van der Waals surface area contributed by atoms with Gasteiger partial charge in [0.2, 0.25) is 22.3 Å². The highest BCUT2D eigenvalue weighted by atomic mass is 32.2. The smallest absolute Gasteiger partial charge is 0.233 e. The number of hydrogen-bond acceptors (Lipinski definition) is 2. The molecule has 0 saturated heterocycles. The minimum atomic E-state index is -2.31. The Kier molecular flexibility index (Phi) is 2.39. The number of pyridine rings is 1. The quantitative estimate of drug-likeness (QED) is 0.372. The summed E-state index contributed by atoms with van der Waals surface area (Å²) in [7, 11) is 0. The Hall–Kier alpha value is -1.78. The average molecular weight is 243 g/mol. The molecule has 0 aliphatic rings. The van der Waals surface area contributed by atoms with Crippen LogP contribution >= 0.6 is 0 Å². The first-order valence-electron chi connectivity index (χ1n) is 5.20. The van der Waals surface area contributed by atoms with Crippen molar-refractivity contribution in [1.29, 1.82) is 0 Å². The number of hydrogen-bond donors (Lipinski definition) is 0. The minimum Gasteiger partial charge on any atom is -0.716 e. The van der Waals surface area contributed by atoms with Crippen molar-refractivity contribution in [1.82, 2.24) is 0 Å². The molecule has 0 aliphatic carbocycles. The number of aromatic nitrogens is 1. The molecule has 1 aromatic heterocycles. The van der Waals surface area contributed by atoms with Gasteiger partial charge in [0, 0.05) is 22.9 Å². The summed E-state index contributed by atoms with van der Waals surface area (Å²) < 4.78 is 24.1. The van der Waals surface area contributed by atoms with Gasteiger partial charge in [-0.3, -0.25) is 0 Å². The summed E-state index contributed by atoms with van der Waals surface area (Å²) in [5.41, 5.74) is 1.39. The molecule has 17 heavy (non-hydrogen) atoms. The summed E-state index contributed by atoms with van der Waals surface area (Å²) in [5, 5.41) is 1.82. The van der Waals surface area contributed by atoms with E-state index in [1.165, 1.54) is 3.97 Å². The van der Waals surface area contributed by atoms with Gasteiger partial charge < -0.3 is 4.55 Å². The van der Waals surface area contributed by atoms with Gasteiger partial charge in [-0.1, -0.05) is 24.3 Å². The monoisotopic (exact) mass is 243 g/mol. The topological polar surface area (TPSA) is 44.0 Å². The second kappa shape index (κ2) is 3.91. The maximum absolute atomic E-state index is 11.4. The lowest BCUT2D eigenvalue weighted by Gasteiger charge is -2.05. The van der Waals surface area contributed by atoms with Gasteiger partial charge in [-0.05, 0) is 18.2 Å². The first kappa shape index (κ1) is 10.4. The molecule has 3 rings (SSSR count). The van der Waals surface area contributed by atoms with Crippen molar-refractivity contribution in [3.05, 3.63) is 54.6 Å². The molecule has 0 aliphatic heterocycles. The molecule has 4 heteroatoms. The predicted octanol–water partition coefficient (Wildman–Crippen LogP) is 1.92. The molecule has 0 saturated carbocycles. The van der Waals surface area contributed by atoms with Gasteiger partial charge in [0.25, 0.3) is 0 Å². The van der Waals surface area contributed by atoms with Gasteiger partial charge >= 0.3 is 0 Å². The van der Waals surface area contributed by atoms with Crippen LogP contribution in [-0.4, -0.2) is 8.76 Å². The molecule has 0 amide bonds. The summed E-state index contributed by atoms with van der Waals surface area (Å²) in [6.45, 7) is 0. The van der Waals surface area contributed by atoms with E-state index in [1.807, 2.05) is 42.5 Å². The molecule has 0 N–H and O–H groups in total. The van der Waals surface area contributed by atoms with Crippen molar-refractivity contribution < 1.29 is 12.7 Å². The predicted molar refractivity (Wildman–Crippen MR) is 66.0 cm³/mol. The number of para-hydroxylation sites is 2. The van der Waals surface area contributed by atoms with Crippen LogP contribution in [0.3, 0.4) is 0 Å². The SMILES string of the molecule is O=S([O-])[n+]1c2ccccc2cc2ccccc21. The van der Waals surface area contributed by atoms with E-state index in [1.54, 1.807) is 12.1 Å². The van der Waals surface area contributed by atoms with Crippen LogP contribution in [0.15, 0.2) is 54.6 Å². The molecule has 0 radical (unpaired) electrons. The maximum Gasteiger partial charge on any atom is 0.233 e. The van der Waals surface area contributed by atoms with Crippen molar-refractivity contribution >= 4 is 33.1 Å². The number of benzene rings is 2. The zero-order valence-electron chi connectivity index (χ0n) is 8.87. The lowest BCUT2D eigenvalue weighted by atomic mass is 10.1. The normalized spacial score (nSPS) is 13.0. The minimum absolute atomic E-state index is 0.694. The van der Waals surface area contributed by atoms with E-state index >= 15 is 0 Å². The Balaban J connectivity index is 2.61. The summed E-state index contributed by atoms with van der Waals surface area (Å²) in [6, 6.07) is 16.9. The van der Waals surface area contributed by atoms with Crippen molar-refractivity contribution in [2.24, 2.45) is 0 Å². The van der Waals surface area contributed by atoms with Gasteiger partial charge in [-0.25, -0.2) is 4.21 Å². The van der Waals surface area contributed by atoms with Gasteiger partial charge in [-0.15, -0.1) is 3.97 Å². The third-order valence-corrected chi connectivity index (χ3v) is 3.46. The fourth-order valence-electron chi connectivity index (χ4n) is 2.05. The van der Waals surface area contributed by atoms with Crippen LogP contribution in [0.5, 0.6) is 0 Å². The lowest BCUT2D eigenvalue weighted by Crippen LogP contribution is -2.38. The van der Waals surface area contributed by atoms with Gasteiger partial charge in [0.1, 0.15) is 0 Å². The Morgan fingerprint density at radius 1 is 0.882 bits per heavy atom. The van der Waals surface area contributed by atoms with Gasteiger partial charge in [-0.2, -0.15) is 0 Å². The van der Waals surface area contributed by atoms with Crippen LogP contribution in [-0.2, 0) is 11.3 Å². The highest BCUT2D eigenvalue weighted by Gasteiger charge is 2.15. The second-order valence-corrected chi connectivity index (χ2v) is 4.57. The fourth-order valence-corrected chi connectivity index (χ4v) is 2.70. The molecular weight excluding hydrogens is 234 g/mol. The molecule has 0 spiro atoms. The highest BCUT2D eigenvalue weighted by molar-refractivity contribution is 7.72. The van der Waals surface area contributed by atoms with Crippen LogP contribution in [0, 0.1) is 0 Å². The number of nitrogens with zero attached hydrogens (tertiary/aromatic N) is 1. The second-order valence-electron chi connectivity index (χ2n) is 3.77. The Bertz CT molecular complexity index is 686. The van der Waals surface area contributed by atoms with Gasteiger partial charge in [0.05, 0.1) is 0 Å². The van der Waals surface area contributed by atoms with Crippen molar-refractivity contribution in [3.63, 3.8) is 0 Å². The Labute approximate surface area is 101 Å². The average Bonchev–Trinajstić information content (AvgIpc) is 2.35. The van der Waals surface area contributed by atoms with E-state index in [4.69, 9.17) is 0 Å².